The number of urea groups is 1. The number of nitrogens with zero attached hydrogens (tertiary/aromatic N) is 4. The van der Waals surface area contributed by atoms with E-state index >= 15 is 0 Å². The summed E-state index contributed by atoms with van der Waals surface area (Å²) in [6, 6.07) is 8.14. The van der Waals surface area contributed by atoms with Crippen molar-refractivity contribution in [1.29, 1.82) is 0 Å². The molecular weight excluding hydrogens is 513 g/mol. The van der Waals surface area contributed by atoms with Crippen LogP contribution in [0.3, 0.4) is 0 Å². The van der Waals surface area contributed by atoms with E-state index in [9.17, 15) is 29.3 Å². The number of benzene rings is 1. The summed E-state index contributed by atoms with van der Waals surface area (Å²) in [7, 11) is -4.50. The van der Waals surface area contributed by atoms with E-state index < -0.39 is 63.6 Å². The second kappa shape index (κ2) is 11.3. The van der Waals surface area contributed by atoms with Gasteiger partial charge in [0.1, 0.15) is 32.2 Å². The van der Waals surface area contributed by atoms with Crippen LogP contribution in [0.25, 0.3) is 11.2 Å². The predicted octanol–water partition coefficient (Wildman–Crippen LogP) is -0.709. The molecule has 0 bridgehead atoms. The number of ether oxygens (including phenoxy) is 1. The van der Waals surface area contributed by atoms with E-state index in [-0.39, 0.29) is 17.0 Å². The minimum Gasteiger partial charge on any atom is -0.778 e. The van der Waals surface area contributed by atoms with Crippen molar-refractivity contribution in [2.75, 3.05) is 30.1 Å². The van der Waals surface area contributed by atoms with Crippen LogP contribution in [0.5, 0.6) is 0 Å². The first-order chi connectivity index (χ1) is 17.6. The first kappa shape index (κ1) is 26.6. The summed E-state index contributed by atoms with van der Waals surface area (Å²) in [5.74, 6) is -1.17. The molecule has 3 heterocycles. The van der Waals surface area contributed by atoms with Crippen molar-refractivity contribution in [3.63, 3.8) is 0 Å². The molecule has 1 aliphatic rings. The summed E-state index contributed by atoms with van der Waals surface area (Å²) in [6.45, 7) is -1.21. The van der Waals surface area contributed by atoms with Crippen molar-refractivity contribution in [3.05, 3.63) is 43.0 Å². The van der Waals surface area contributed by atoms with Crippen LogP contribution >= 0.6 is 7.60 Å². The largest absolute Gasteiger partial charge is 0.778 e. The topological polar surface area (TPSA) is 233 Å². The van der Waals surface area contributed by atoms with Gasteiger partial charge in [-0.15, -0.1) is 0 Å². The molecule has 5 atom stereocenters. The van der Waals surface area contributed by atoms with Gasteiger partial charge in [-0.2, -0.15) is 0 Å². The van der Waals surface area contributed by atoms with Crippen LogP contribution < -0.4 is 20.8 Å². The molecule has 17 heteroatoms. The summed E-state index contributed by atoms with van der Waals surface area (Å²) in [6.07, 6.45) is -3.81. The molecule has 2 aromatic heterocycles. The van der Waals surface area contributed by atoms with Gasteiger partial charge in [0.25, 0.3) is 0 Å². The number of aromatic nitrogens is 4. The number of imidazole rings is 1. The highest BCUT2D eigenvalue weighted by atomic mass is 31.2. The number of para-hydroxylation sites is 1. The molecule has 1 fully saturated rings. The van der Waals surface area contributed by atoms with Gasteiger partial charge in [0, 0.05) is 5.69 Å². The smallest absolute Gasteiger partial charge is 0.324 e. The third-order valence-corrected chi connectivity index (χ3v) is 6.40. The minimum atomic E-state index is -4.50. The average Bonchev–Trinajstić information content (AvgIpc) is 3.40. The summed E-state index contributed by atoms with van der Waals surface area (Å²) in [5, 5.41) is 36.9. The molecule has 1 unspecified atom stereocenters. The number of aliphatic hydroxyl groups excluding tert-OH is 2. The molecule has 1 aromatic carbocycles. The highest BCUT2D eigenvalue weighted by Gasteiger charge is 2.44. The fraction of sp³-hybridized carbons (Fsp3) is 0.350. The summed E-state index contributed by atoms with van der Waals surface area (Å²) in [5.41, 5.74) is 0.889. The monoisotopic (exact) mass is 536 g/mol. The lowest BCUT2D eigenvalue weighted by molar-refractivity contribution is -0.202. The second-order valence-electron chi connectivity index (χ2n) is 7.92. The van der Waals surface area contributed by atoms with E-state index in [0.717, 1.165) is 6.33 Å². The van der Waals surface area contributed by atoms with E-state index in [1.165, 1.54) is 10.9 Å². The Labute approximate surface area is 208 Å². The van der Waals surface area contributed by atoms with Crippen LogP contribution in [0.2, 0.25) is 0 Å². The molecular formula is C20H23N7O9P-. The molecule has 0 aliphatic carbocycles. The predicted molar refractivity (Wildman–Crippen MR) is 124 cm³/mol. The lowest BCUT2D eigenvalue weighted by atomic mass is 10.1. The highest BCUT2D eigenvalue weighted by molar-refractivity contribution is 7.51. The van der Waals surface area contributed by atoms with Gasteiger partial charge in [0.05, 0.1) is 25.8 Å². The fourth-order valence-electron chi connectivity index (χ4n) is 3.55. The van der Waals surface area contributed by atoms with Crippen LogP contribution in [0, 0.1) is 0 Å². The number of aliphatic hydroxyl groups is 2. The molecule has 1 aliphatic heterocycles. The zero-order valence-electron chi connectivity index (χ0n) is 19.0. The number of carbonyl (C=O) groups is 2. The standard InChI is InChI=1S/C20H24N7O9P/c28-13(29)6-21-10-37(33,34)35-7-12-15(30)16(31)19(36-12)27-9-24-14-17(22-8-23-18(14)27)26-20(32)25-11-4-2-1-3-5-11/h1-5,8-9,12,15-16,19,21,30-31H,6-7,10H2,(H,28,29)(H,33,34)(H2,22,23,25,26,32)/p-1/t12-,15+,16+,19-/m1/s1. The van der Waals surface area contributed by atoms with Crippen molar-refractivity contribution in [1.82, 2.24) is 24.8 Å². The van der Waals surface area contributed by atoms with Gasteiger partial charge in [-0.05, 0) is 12.1 Å². The Morgan fingerprint density at radius 1 is 1.14 bits per heavy atom. The molecule has 4 rings (SSSR count). The van der Waals surface area contributed by atoms with E-state index in [1.807, 2.05) is 0 Å². The number of rotatable bonds is 10. The van der Waals surface area contributed by atoms with Gasteiger partial charge in [0.2, 0.25) is 0 Å². The van der Waals surface area contributed by atoms with E-state index in [1.54, 1.807) is 30.3 Å². The maximum Gasteiger partial charge on any atom is 0.324 e. The average molecular weight is 536 g/mol. The van der Waals surface area contributed by atoms with Crippen LogP contribution in [0.15, 0.2) is 43.0 Å². The number of amides is 2. The number of carboxylic acids is 1. The third kappa shape index (κ3) is 6.44. The Morgan fingerprint density at radius 3 is 2.62 bits per heavy atom. The van der Waals surface area contributed by atoms with Crippen molar-refractivity contribution >= 4 is 42.3 Å². The fourth-order valence-corrected chi connectivity index (χ4v) is 4.40. The van der Waals surface area contributed by atoms with Crippen LogP contribution in [-0.2, 0) is 18.6 Å². The number of aliphatic carboxylic acids is 1. The molecule has 0 spiro atoms. The first-order valence-corrected chi connectivity index (χ1v) is 12.6. The van der Waals surface area contributed by atoms with Gasteiger partial charge in [-0.3, -0.25) is 20.0 Å². The maximum absolute atomic E-state index is 12.4. The van der Waals surface area contributed by atoms with E-state index in [0.29, 0.717) is 5.69 Å². The van der Waals surface area contributed by atoms with Gasteiger partial charge < -0.3 is 39.4 Å². The Kier molecular flexibility index (Phi) is 8.09. The second-order valence-corrected chi connectivity index (χ2v) is 9.72. The Morgan fingerprint density at radius 2 is 1.89 bits per heavy atom. The zero-order chi connectivity index (χ0) is 26.6. The summed E-state index contributed by atoms with van der Waals surface area (Å²) < 4.78 is 23.7. The van der Waals surface area contributed by atoms with E-state index in [4.69, 9.17) is 14.4 Å². The van der Waals surface area contributed by atoms with Crippen molar-refractivity contribution < 1.29 is 43.6 Å². The summed E-state index contributed by atoms with van der Waals surface area (Å²) in [4.78, 5) is 47.2. The number of hydrogen-bond donors (Lipinski definition) is 6. The van der Waals surface area contributed by atoms with Crippen molar-refractivity contribution in [2.24, 2.45) is 0 Å². The van der Waals surface area contributed by atoms with Crippen LogP contribution in [0.4, 0.5) is 16.3 Å². The molecule has 1 saturated heterocycles. The van der Waals surface area contributed by atoms with Gasteiger partial charge in [-0.25, -0.2) is 19.7 Å². The third-order valence-electron chi connectivity index (χ3n) is 5.25. The normalized spacial score (nSPS) is 23.0. The number of nitrogens with one attached hydrogen (secondary N) is 3. The highest BCUT2D eigenvalue weighted by Crippen LogP contribution is 2.38. The molecule has 6 N–H and O–H groups in total. The SMILES string of the molecule is O=C(O)CNCP(=O)([O-])OC[C@H]1O[C@@H](n2cnc3c(NC(=O)Nc4ccccc4)ncnc32)[C@@H](O)[C@H]1O. The van der Waals surface area contributed by atoms with E-state index in [2.05, 4.69) is 30.9 Å². The van der Waals surface area contributed by atoms with Crippen LogP contribution in [-0.4, -0.2) is 84.6 Å². The molecule has 2 amide bonds. The minimum absolute atomic E-state index is 0.0752. The van der Waals surface area contributed by atoms with Gasteiger partial charge >= 0.3 is 12.0 Å². The lowest BCUT2D eigenvalue weighted by Crippen LogP contribution is -2.34. The number of fused-ring (bicyclic) bond motifs is 1. The molecule has 0 saturated carbocycles. The number of carboxylic acid groups (broad SMARTS) is 1. The molecule has 37 heavy (non-hydrogen) atoms. The Balaban J connectivity index is 1.43. The van der Waals surface area contributed by atoms with Crippen molar-refractivity contribution in [3.8, 4) is 0 Å². The first-order valence-electron chi connectivity index (χ1n) is 10.8. The zero-order valence-corrected chi connectivity index (χ0v) is 19.9. The summed E-state index contributed by atoms with van der Waals surface area (Å²) >= 11 is 0. The number of anilines is 2. The molecule has 0 radical (unpaired) electrons. The lowest BCUT2D eigenvalue weighted by Gasteiger charge is -2.25. The molecule has 16 nitrogen and oxygen atoms in total. The Hall–Kier alpha value is -3.50. The maximum atomic E-state index is 12.4. The van der Waals surface area contributed by atoms with Gasteiger partial charge in [-0.1, -0.05) is 18.2 Å². The molecule has 3 aromatic rings. The van der Waals surface area contributed by atoms with Crippen LogP contribution in [0.1, 0.15) is 6.23 Å². The number of carbonyl (C=O) groups excluding carboxylic acids is 1. The number of hydrogen-bond acceptors (Lipinski definition) is 12. The molecule has 198 valence electrons. The van der Waals surface area contributed by atoms with Gasteiger partial charge in [0.15, 0.2) is 23.2 Å². The van der Waals surface area contributed by atoms with Crippen molar-refractivity contribution in [2.45, 2.75) is 24.5 Å². The quantitative estimate of drug-likeness (QED) is 0.176. The Bertz CT molecular complexity index is 1310.